The predicted octanol–water partition coefficient (Wildman–Crippen LogP) is 4.91. The van der Waals surface area contributed by atoms with Gasteiger partial charge in [0.1, 0.15) is 12.4 Å². The van der Waals surface area contributed by atoms with E-state index in [0.29, 0.717) is 24.2 Å². The fraction of sp³-hybridized carbons (Fsp3) is 0.172. The zero-order valence-electron chi connectivity index (χ0n) is 20.8. The van der Waals surface area contributed by atoms with Crippen LogP contribution in [-0.4, -0.2) is 32.7 Å². The van der Waals surface area contributed by atoms with Crippen LogP contribution in [0.2, 0.25) is 0 Å². The molecule has 2 aromatic heterocycles. The lowest BCUT2D eigenvalue weighted by atomic mass is 10.1. The van der Waals surface area contributed by atoms with Crippen LogP contribution < -0.4 is 5.73 Å². The van der Waals surface area contributed by atoms with Crippen LogP contribution >= 0.6 is 0 Å². The zero-order valence-corrected chi connectivity index (χ0v) is 20.8. The lowest BCUT2D eigenvalue weighted by Crippen LogP contribution is -2.30. The Labute approximate surface area is 215 Å². The van der Waals surface area contributed by atoms with Crippen molar-refractivity contribution in [3.05, 3.63) is 124 Å². The number of H-pyrrole nitrogens is 1. The average molecular weight is 496 g/mol. The van der Waals surface area contributed by atoms with Crippen molar-refractivity contribution in [3.63, 3.8) is 0 Å². The Kier molecular flexibility index (Phi) is 8.10. The quantitative estimate of drug-likeness (QED) is 0.266. The number of nitrogens with one attached hydrogen (secondary N) is 1. The molecule has 8 heteroatoms. The second-order valence-corrected chi connectivity index (χ2v) is 8.74. The predicted molar refractivity (Wildman–Crippen MR) is 142 cm³/mol. The SMILES string of the molecule is Cc1cc(C(=O)N(Cc2ccncc2)Cc2ccc(C(N)=NC(=O)OCc3ccccc3)cc2)c(C)[nH]1. The number of hydrogen-bond donors (Lipinski definition) is 2. The van der Waals surface area contributed by atoms with Crippen molar-refractivity contribution in [1.29, 1.82) is 0 Å². The summed E-state index contributed by atoms with van der Waals surface area (Å²) in [5.74, 6) is -0.00210. The Morgan fingerprint density at radius 1 is 0.919 bits per heavy atom. The Morgan fingerprint density at radius 2 is 1.57 bits per heavy atom. The first-order chi connectivity index (χ1) is 17.9. The molecule has 8 nitrogen and oxygen atoms in total. The van der Waals surface area contributed by atoms with E-state index >= 15 is 0 Å². The van der Waals surface area contributed by atoms with Crippen LogP contribution in [0.15, 0.2) is 90.2 Å². The smallest absolute Gasteiger partial charge is 0.435 e. The normalized spacial score (nSPS) is 11.2. The highest BCUT2D eigenvalue weighted by Crippen LogP contribution is 2.18. The minimum Gasteiger partial charge on any atom is -0.443 e. The first-order valence-corrected chi connectivity index (χ1v) is 11.9. The van der Waals surface area contributed by atoms with Gasteiger partial charge in [-0.3, -0.25) is 9.78 Å². The summed E-state index contributed by atoms with van der Waals surface area (Å²) in [6.07, 6.45) is 2.67. The van der Waals surface area contributed by atoms with Crippen LogP contribution in [0.25, 0.3) is 0 Å². The molecule has 188 valence electrons. The van der Waals surface area contributed by atoms with Crippen molar-refractivity contribution in [3.8, 4) is 0 Å². The van der Waals surface area contributed by atoms with Crippen LogP contribution in [0.5, 0.6) is 0 Å². The Morgan fingerprint density at radius 3 is 2.19 bits per heavy atom. The number of pyridine rings is 1. The van der Waals surface area contributed by atoms with Crippen LogP contribution in [0.1, 0.15) is 44.0 Å². The van der Waals surface area contributed by atoms with Crippen LogP contribution in [-0.2, 0) is 24.4 Å². The summed E-state index contributed by atoms with van der Waals surface area (Å²) in [6, 6.07) is 22.3. The minimum absolute atomic E-state index is 0.0627. The first kappa shape index (κ1) is 25.4. The van der Waals surface area contributed by atoms with Gasteiger partial charge >= 0.3 is 6.09 Å². The molecule has 0 unspecified atom stereocenters. The third kappa shape index (κ3) is 6.91. The van der Waals surface area contributed by atoms with Gasteiger partial charge in [0.2, 0.25) is 0 Å². The standard InChI is InChI=1S/C29H29N5O3/c1-20-16-26(21(2)32-20)28(35)34(18-23-12-14-31-15-13-23)17-22-8-10-25(11-9-22)27(30)33-29(36)37-19-24-6-4-3-5-7-24/h3-16,32H,17-19H2,1-2H3,(H2,30,33,36). The largest absolute Gasteiger partial charge is 0.443 e. The van der Waals surface area contributed by atoms with Crippen LogP contribution in [0.3, 0.4) is 0 Å². The third-order valence-corrected chi connectivity index (χ3v) is 5.83. The molecule has 0 bridgehead atoms. The number of carbonyl (C=O) groups is 2. The van der Waals surface area contributed by atoms with E-state index in [0.717, 1.165) is 28.1 Å². The number of amidine groups is 1. The molecule has 0 saturated heterocycles. The number of nitrogens with zero attached hydrogens (tertiary/aromatic N) is 3. The summed E-state index contributed by atoms with van der Waals surface area (Å²) in [7, 11) is 0. The van der Waals surface area contributed by atoms with E-state index in [1.165, 1.54) is 0 Å². The molecule has 0 aliphatic heterocycles. The molecule has 4 aromatic rings. The molecule has 0 fully saturated rings. The van der Waals surface area contributed by atoms with Gasteiger partial charge in [0, 0.05) is 42.4 Å². The van der Waals surface area contributed by atoms with Gasteiger partial charge in [-0.2, -0.15) is 4.99 Å². The van der Waals surface area contributed by atoms with Crippen molar-refractivity contribution < 1.29 is 14.3 Å². The maximum absolute atomic E-state index is 13.4. The minimum atomic E-state index is -0.753. The van der Waals surface area contributed by atoms with Gasteiger partial charge in [-0.1, -0.05) is 54.6 Å². The van der Waals surface area contributed by atoms with Crippen LogP contribution in [0, 0.1) is 13.8 Å². The molecule has 2 heterocycles. The van der Waals surface area contributed by atoms with E-state index < -0.39 is 6.09 Å². The number of aromatic amines is 1. The molecular formula is C29H29N5O3. The summed E-state index contributed by atoms with van der Waals surface area (Å²) < 4.78 is 5.18. The van der Waals surface area contributed by atoms with Gasteiger partial charge in [-0.05, 0) is 48.7 Å². The number of aliphatic imine (C=N–C) groups is 1. The summed E-state index contributed by atoms with van der Waals surface area (Å²) in [6.45, 7) is 4.77. The highest BCUT2D eigenvalue weighted by molar-refractivity contribution is 6.02. The molecular weight excluding hydrogens is 466 g/mol. The molecule has 0 spiro atoms. The lowest BCUT2D eigenvalue weighted by molar-refractivity contribution is 0.0729. The summed E-state index contributed by atoms with van der Waals surface area (Å²) in [5, 5.41) is 0. The first-order valence-electron chi connectivity index (χ1n) is 11.9. The highest BCUT2D eigenvalue weighted by atomic mass is 16.5. The van der Waals surface area contributed by atoms with E-state index in [1.807, 2.05) is 74.5 Å². The number of amides is 2. The van der Waals surface area contributed by atoms with Crippen molar-refractivity contribution in [1.82, 2.24) is 14.9 Å². The van der Waals surface area contributed by atoms with Crippen LogP contribution in [0.4, 0.5) is 4.79 Å². The number of aryl methyl sites for hydroxylation is 2. The number of nitrogens with two attached hydrogens (primary N) is 1. The molecule has 2 amide bonds. The molecule has 3 N–H and O–H groups in total. The third-order valence-electron chi connectivity index (χ3n) is 5.83. The number of ether oxygens (including phenoxy) is 1. The Balaban J connectivity index is 1.45. The monoisotopic (exact) mass is 495 g/mol. The number of carbonyl (C=O) groups excluding carboxylic acids is 2. The fourth-order valence-electron chi connectivity index (χ4n) is 3.94. The summed E-state index contributed by atoms with van der Waals surface area (Å²) in [5.41, 5.74) is 11.8. The zero-order chi connectivity index (χ0) is 26.2. The van der Waals surface area contributed by atoms with Gasteiger partial charge in [-0.25, -0.2) is 4.79 Å². The summed E-state index contributed by atoms with van der Waals surface area (Å²) in [4.78, 5) is 38.4. The molecule has 0 atom stereocenters. The fourth-order valence-corrected chi connectivity index (χ4v) is 3.94. The van der Waals surface area contributed by atoms with E-state index in [1.54, 1.807) is 29.4 Å². The Bertz CT molecular complexity index is 1380. The van der Waals surface area contributed by atoms with E-state index in [2.05, 4.69) is 15.0 Å². The van der Waals surface area contributed by atoms with Crippen molar-refractivity contribution in [2.24, 2.45) is 10.7 Å². The van der Waals surface area contributed by atoms with Crippen molar-refractivity contribution in [2.45, 2.75) is 33.5 Å². The molecule has 0 saturated carbocycles. The van der Waals surface area contributed by atoms with E-state index in [4.69, 9.17) is 10.5 Å². The second-order valence-electron chi connectivity index (χ2n) is 8.74. The van der Waals surface area contributed by atoms with Crippen molar-refractivity contribution >= 4 is 17.8 Å². The topological polar surface area (TPSA) is 114 Å². The molecule has 4 rings (SSSR count). The average Bonchev–Trinajstić information content (AvgIpc) is 3.25. The van der Waals surface area contributed by atoms with Gasteiger partial charge in [-0.15, -0.1) is 0 Å². The molecule has 37 heavy (non-hydrogen) atoms. The number of rotatable bonds is 8. The van der Waals surface area contributed by atoms with Gasteiger partial charge < -0.3 is 20.4 Å². The van der Waals surface area contributed by atoms with Gasteiger partial charge in [0.25, 0.3) is 5.91 Å². The molecule has 2 aromatic carbocycles. The lowest BCUT2D eigenvalue weighted by Gasteiger charge is -2.23. The van der Waals surface area contributed by atoms with E-state index in [9.17, 15) is 9.59 Å². The summed E-state index contributed by atoms with van der Waals surface area (Å²) >= 11 is 0. The maximum atomic E-state index is 13.4. The number of hydrogen-bond acceptors (Lipinski definition) is 4. The number of aromatic nitrogens is 2. The maximum Gasteiger partial charge on any atom is 0.435 e. The van der Waals surface area contributed by atoms with E-state index in [-0.39, 0.29) is 18.3 Å². The number of benzene rings is 2. The molecule has 0 aliphatic rings. The molecule has 0 radical (unpaired) electrons. The van der Waals surface area contributed by atoms with Crippen molar-refractivity contribution in [2.75, 3.05) is 0 Å². The van der Waals surface area contributed by atoms with Gasteiger partial charge in [0.15, 0.2) is 0 Å². The van der Waals surface area contributed by atoms with Gasteiger partial charge in [0.05, 0.1) is 5.56 Å². The second kappa shape index (κ2) is 11.8. The molecule has 0 aliphatic carbocycles. The highest BCUT2D eigenvalue weighted by Gasteiger charge is 2.20. The Hall–Kier alpha value is -4.72.